The number of nitrogens with two attached hydrogens (primary N) is 1. The number of aliphatic carboxylic acids is 1. The molecule has 7 heteroatoms. The molecule has 1 fully saturated rings. The fourth-order valence-electron chi connectivity index (χ4n) is 4.66. The molecule has 6 nitrogen and oxygen atoms in total. The highest BCUT2D eigenvalue weighted by atomic mass is 16.4. The molecule has 5 N–H and O–H groups in total. The number of hydrogen-bond donors (Lipinski definition) is 4. The van der Waals surface area contributed by atoms with E-state index in [2.05, 4.69) is 23.1 Å². The highest BCUT2D eigenvalue weighted by Crippen LogP contribution is 2.39. The molecule has 1 aromatic rings. The van der Waals surface area contributed by atoms with Crippen LogP contribution in [-0.4, -0.2) is 45.9 Å². The van der Waals surface area contributed by atoms with E-state index in [0.29, 0.717) is 19.2 Å². The van der Waals surface area contributed by atoms with E-state index in [0.717, 1.165) is 32.4 Å². The van der Waals surface area contributed by atoms with Gasteiger partial charge in [0.05, 0.1) is 12.1 Å². The molecule has 1 aromatic carbocycles. The number of benzene rings is 1. The van der Waals surface area contributed by atoms with Crippen LogP contribution in [0.15, 0.2) is 24.3 Å². The first kappa shape index (κ1) is 19.4. The van der Waals surface area contributed by atoms with Crippen molar-refractivity contribution in [2.24, 2.45) is 23.5 Å². The summed E-state index contributed by atoms with van der Waals surface area (Å²) >= 11 is 0. The third-order valence-electron chi connectivity index (χ3n) is 6.18. The fraction of sp³-hybridized carbons (Fsp3) is 0.632. The molecular formula is C19H29BN2O4. The minimum atomic E-state index is -1.31. The van der Waals surface area contributed by atoms with Crippen LogP contribution in [0.25, 0.3) is 0 Å². The van der Waals surface area contributed by atoms with Crippen LogP contribution in [0, 0.1) is 17.8 Å². The van der Waals surface area contributed by atoms with E-state index in [1.54, 1.807) is 0 Å². The summed E-state index contributed by atoms with van der Waals surface area (Å²) in [5.41, 5.74) is 9.20. The highest BCUT2D eigenvalue weighted by molar-refractivity contribution is 6.40. The molecule has 1 aliphatic heterocycles. The van der Waals surface area contributed by atoms with Gasteiger partial charge in [0.2, 0.25) is 0 Å². The Morgan fingerprint density at radius 3 is 2.69 bits per heavy atom. The Balaban J connectivity index is 1.65. The molecule has 2 aliphatic rings. The standard InChI is InChI=1S/C19H29BN2O4/c21-18(22-10-8-14-3-1-2-4-15(14)12-22)16-6-5-13(7-9-20(25)26)11-17(16)19(23)24/h1-4,13,16-18,25-26H,5-12,21H2,(H,23,24)/t13-,16+,17-,18?/m0/s1. The maximum absolute atomic E-state index is 11.9. The Morgan fingerprint density at radius 1 is 1.27 bits per heavy atom. The lowest BCUT2D eigenvalue weighted by Crippen LogP contribution is -2.53. The van der Waals surface area contributed by atoms with E-state index in [9.17, 15) is 9.90 Å². The molecule has 1 heterocycles. The van der Waals surface area contributed by atoms with Gasteiger partial charge in [-0.25, -0.2) is 0 Å². The Kier molecular flexibility index (Phi) is 6.35. The first-order valence-electron chi connectivity index (χ1n) is 9.61. The fourth-order valence-corrected chi connectivity index (χ4v) is 4.66. The average Bonchev–Trinajstić information content (AvgIpc) is 2.65. The van der Waals surface area contributed by atoms with Crippen LogP contribution >= 0.6 is 0 Å². The zero-order valence-electron chi connectivity index (χ0n) is 15.1. The molecular weight excluding hydrogens is 331 g/mol. The third kappa shape index (κ3) is 4.46. The summed E-state index contributed by atoms with van der Waals surface area (Å²) in [6.07, 6.45) is 3.91. The second-order valence-electron chi connectivity index (χ2n) is 7.83. The van der Waals surface area contributed by atoms with Crippen molar-refractivity contribution in [2.45, 2.75) is 51.1 Å². The lowest BCUT2D eigenvalue weighted by molar-refractivity contribution is -0.147. The lowest BCUT2D eigenvalue weighted by Gasteiger charge is -2.43. The molecule has 1 saturated carbocycles. The number of carboxylic acids is 1. The molecule has 0 amide bonds. The Labute approximate surface area is 155 Å². The lowest BCUT2D eigenvalue weighted by atomic mass is 9.69. The monoisotopic (exact) mass is 360 g/mol. The van der Waals surface area contributed by atoms with Crippen molar-refractivity contribution in [3.63, 3.8) is 0 Å². The van der Waals surface area contributed by atoms with Gasteiger partial charge in [0.25, 0.3) is 0 Å². The number of nitrogens with zero attached hydrogens (tertiary/aromatic N) is 1. The van der Waals surface area contributed by atoms with Gasteiger partial charge in [-0.05, 0) is 42.6 Å². The maximum atomic E-state index is 11.9. The van der Waals surface area contributed by atoms with Gasteiger partial charge in [0, 0.05) is 19.0 Å². The van der Waals surface area contributed by atoms with Gasteiger partial charge in [0.15, 0.2) is 0 Å². The first-order valence-corrected chi connectivity index (χ1v) is 9.61. The van der Waals surface area contributed by atoms with Crippen molar-refractivity contribution in [3.05, 3.63) is 35.4 Å². The Bertz CT molecular complexity index is 627. The molecule has 4 atom stereocenters. The van der Waals surface area contributed by atoms with Crippen LogP contribution in [0.2, 0.25) is 6.32 Å². The molecule has 0 radical (unpaired) electrons. The largest absolute Gasteiger partial charge is 0.481 e. The quantitative estimate of drug-likeness (QED) is 0.570. The zero-order chi connectivity index (χ0) is 18.7. The number of hydrogen-bond acceptors (Lipinski definition) is 5. The van der Waals surface area contributed by atoms with Gasteiger partial charge >= 0.3 is 13.1 Å². The van der Waals surface area contributed by atoms with Crippen LogP contribution < -0.4 is 5.73 Å². The molecule has 26 heavy (non-hydrogen) atoms. The number of carbonyl (C=O) groups is 1. The van der Waals surface area contributed by atoms with Crippen LogP contribution in [0.3, 0.4) is 0 Å². The van der Waals surface area contributed by atoms with Crippen molar-refractivity contribution in [1.82, 2.24) is 4.90 Å². The molecule has 0 bridgehead atoms. The molecule has 0 saturated heterocycles. The molecule has 0 spiro atoms. The topological polar surface area (TPSA) is 107 Å². The van der Waals surface area contributed by atoms with E-state index in [-0.39, 0.29) is 18.0 Å². The van der Waals surface area contributed by atoms with Crippen LogP contribution in [0.4, 0.5) is 0 Å². The summed E-state index contributed by atoms with van der Waals surface area (Å²) in [5.74, 6) is -1.08. The van der Waals surface area contributed by atoms with Gasteiger partial charge in [-0.15, -0.1) is 0 Å². The molecule has 1 unspecified atom stereocenters. The number of carboxylic acid groups (broad SMARTS) is 1. The Hall–Kier alpha value is -1.41. The van der Waals surface area contributed by atoms with Crippen molar-refractivity contribution in [2.75, 3.05) is 6.54 Å². The summed E-state index contributed by atoms with van der Waals surface area (Å²) in [6.45, 7) is 1.64. The minimum Gasteiger partial charge on any atom is -0.481 e. The van der Waals surface area contributed by atoms with E-state index in [4.69, 9.17) is 15.8 Å². The molecule has 1 aliphatic carbocycles. The van der Waals surface area contributed by atoms with Crippen molar-refractivity contribution in [3.8, 4) is 0 Å². The summed E-state index contributed by atoms with van der Waals surface area (Å²) in [7, 11) is -1.31. The normalized spacial score (nSPS) is 27.6. The predicted molar refractivity (Wildman–Crippen MR) is 100 cm³/mol. The van der Waals surface area contributed by atoms with E-state index >= 15 is 0 Å². The zero-order valence-corrected chi connectivity index (χ0v) is 15.1. The summed E-state index contributed by atoms with van der Waals surface area (Å²) in [5, 5.41) is 27.9. The van der Waals surface area contributed by atoms with Crippen LogP contribution in [-0.2, 0) is 17.8 Å². The maximum Gasteiger partial charge on any atom is 0.451 e. The van der Waals surface area contributed by atoms with Crippen molar-refractivity contribution in [1.29, 1.82) is 0 Å². The summed E-state index contributed by atoms with van der Waals surface area (Å²) in [6, 6.07) is 8.37. The van der Waals surface area contributed by atoms with E-state index in [1.807, 2.05) is 6.07 Å². The van der Waals surface area contributed by atoms with Gasteiger partial charge in [0.1, 0.15) is 0 Å². The van der Waals surface area contributed by atoms with Crippen LogP contribution in [0.5, 0.6) is 0 Å². The summed E-state index contributed by atoms with van der Waals surface area (Å²) in [4.78, 5) is 14.1. The van der Waals surface area contributed by atoms with Gasteiger partial charge in [-0.2, -0.15) is 0 Å². The smallest absolute Gasteiger partial charge is 0.451 e. The second-order valence-corrected chi connectivity index (χ2v) is 7.83. The van der Waals surface area contributed by atoms with Crippen molar-refractivity contribution < 1.29 is 19.9 Å². The summed E-state index contributed by atoms with van der Waals surface area (Å²) < 4.78 is 0. The van der Waals surface area contributed by atoms with Crippen LogP contribution in [0.1, 0.15) is 36.8 Å². The number of fused-ring (bicyclic) bond motifs is 1. The SMILES string of the molecule is NC([C@@H]1CC[C@@H](CCB(O)O)C[C@@H]1C(=O)O)N1CCc2ccccc2C1. The van der Waals surface area contributed by atoms with Gasteiger partial charge in [-0.3, -0.25) is 9.69 Å². The van der Waals surface area contributed by atoms with Gasteiger partial charge in [-0.1, -0.05) is 37.1 Å². The van der Waals surface area contributed by atoms with E-state index in [1.165, 1.54) is 11.1 Å². The number of rotatable bonds is 6. The molecule has 0 aromatic heterocycles. The van der Waals surface area contributed by atoms with Gasteiger partial charge < -0.3 is 20.9 Å². The average molecular weight is 360 g/mol. The minimum absolute atomic E-state index is 0.0620. The predicted octanol–water partition coefficient (Wildman–Crippen LogP) is 1.31. The molecule has 142 valence electrons. The molecule has 3 rings (SSSR count). The van der Waals surface area contributed by atoms with E-state index < -0.39 is 19.0 Å². The second kappa shape index (κ2) is 8.52. The van der Waals surface area contributed by atoms with Crippen molar-refractivity contribution >= 4 is 13.1 Å². The third-order valence-corrected chi connectivity index (χ3v) is 6.18. The first-order chi connectivity index (χ1) is 12.5. The Morgan fingerprint density at radius 2 is 2.00 bits per heavy atom. The highest BCUT2D eigenvalue weighted by Gasteiger charge is 2.40.